The second-order valence-corrected chi connectivity index (χ2v) is 5.46. The molecule has 1 aromatic carbocycles. The number of rotatable bonds is 12. The first-order valence-corrected chi connectivity index (χ1v) is 8.00. The Kier molecular flexibility index (Phi) is 10.3. The highest BCUT2D eigenvalue weighted by molar-refractivity contribution is 5.26. The number of aliphatic hydroxyl groups excluding tert-OH is 3. The molecule has 0 saturated carbocycles. The van der Waals surface area contributed by atoms with Gasteiger partial charge in [-0.2, -0.15) is 0 Å². The van der Waals surface area contributed by atoms with Gasteiger partial charge >= 0.3 is 0 Å². The number of ether oxygens (including phenoxy) is 2. The van der Waals surface area contributed by atoms with Gasteiger partial charge in [-0.3, -0.25) is 0 Å². The van der Waals surface area contributed by atoms with E-state index in [2.05, 4.69) is 0 Å². The minimum absolute atomic E-state index is 0.258. The van der Waals surface area contributed by atoms with Crippen LogP contribution in [0, 0.1) is 0 Å². The smallest absolute Gasteiger partial charge is 0.118 e. The molecule has 1 rings (SSSR count). The lowest BCUT2D eigenvalue weighted by Gasteiger charge is -2.08. The summed E-state index contributed by atoms with van der Waals surface area (Å²) in [4.78, 5) is 0. The lowest BCUT2D eigenvalue weighted by atomic mass is 10.1. The quantitative estimate of drug-likeness (QED) is 0.405. The lowest BCUT2D eigenvalue weighted by Crippen LogP contribution is -2.10. The molecule has 2 atom stereocenters. The third-order valence-electron chi connectivity index (χ3n) is 3.44. The molecule has 0 saturated heterocycles. The van der Waals surface area contributed by atoms with Crippen molar-refractivity contribution in [1.82, 2.24) is 0 Å². The van der Waals surface area contributed by atoms with Crippen molar-refractivity contribution in [3.63, 3.8) is 0 Å². The van der Waals surface area contributed by atoms with Crippen LogP contribution in [0.3, 0.4) is 0 Å². The van der Waals surface area contributed by atoms with Crippen LogP contribution in [0.4, 0.5) is 0 Å². The van der Waals surface area contributed by atoms with E-state index in [1.54, 1.807) is 19.3 Å². The Balaban J connectivity index is 2.04. The van der Waals surface area contributed by atoms with E-state index in [9.17, 15) is 5.11 Å². The molecular formula is C18H28O5. The molecule has 0 aliphatic rings. The Hall–Kier alpha value is -1.40. The maximum Gasteiger partial charge on any atom is 0.118 e. The van der Waals surface area contributed by atoms with Crippen LogP contribution < -0.4 is 4.74 Å². The van der Waals surface area contributed by atoms with E-state index >= 15 is 0 Å². The molecule has 0 amide bonds. The first kappa shape index (κ1) is 19.6. The van der Waals surface area contributed by atoms with Crippen molar-refractivity contribution < 1.29 is 24.8 Å². The van der Waals surface area contributed by atoms with Gasteiger partial charge in [0.1, 0.15) is 5.75 Å². The van der Waals surface area contributed by atoms with Crippen molar-refractivity contribution in [2.24, 2.45) is 0 Å². The van der Waals surface area contributed by atoms with E-state index in [-0.39, 0.29) is 6.61 Å². The van der Waals surface area contributed by atoms with Crippen molar-refractivity contribution in [1.29, 1.82) is 0 Å². The summed E-state index contributed by atoms with van der Waals surface area (Å²) in [7, 11) is 1.64. The minimum atomic E-state index is -0.746. The summed E-state index contributed by atoms with van der Waals surface area (Å²) in [6.45, 7) is 0.975. The molecule has 0 spiro atoms. The zero-order chi connectivity index (χ0) is 16.9. The predicted octanol–water partition coefficient (Wildman–Crippen LogP) is 2.04. The Morgan fingerprint density at radius 1 is 1.13 bits per heavy atom. The highest BCUT2D eigenvalue weighted by Gasteiger charge is 2.01. The van der Waals surface area contributed by atoms with Crippen molar-refractivity contribution in [2.45, 2.75) is 44.5 Å². The molecule has 130 valence electrons. The monoisotopic (exact) mass is 324 g/mol. The SMILES string of the molecule is COc1ccc(COCCCC[C@H](O)/C=C/C[C@@H](O)CO)cc1. The Morgan fingerprint density at radius 3 is 2.52 bits per heavy atom. The third kappa shape index (κ3) is 9.36. The molecular weight excluding hydrogens is 296 g/mol. The van der Waals surface area contributed by atoms with Crippen molar-refractivity contribution >= 4 is 0 Å². The van der Waals surface area contributed by atoms with Crippen LogP contribution >= 0.6 is 0 Å². The average molecular weight is 324 g/mol. The van der Waals surface area contributed by atoms with E-state index in [1.165, 1.54) is 0 Å². The molecule has 0 radical (unpaired) electrons. The van der Waals surface area contributed by atoms with E-state index in [0.29, 0.717) is 26.1 Å². The molecule has 0 aromatic heterocycles. The summed E-state index contributed by atoms with van der Waals surface area (Å²) in [6.07, 6.45) is 4.89. The highest BCUT2D eigenvalue weighted by Crippen LogP contribution is 2.12. The van der Waals surface area contributed by atoms with Gasteiger partial charge < -0.3 is 24.8 Å². The van der Waals surface area contributed by atoms with Crippen molar-refractivity contribution in [2.75, 3.05) is 20.3 Å². The molecule has 0 heterocycles. The Bertz CT molecular complexity index is 430. The first-order valence-electron chi connectivity index (χ1n) is 8.00. The predicted molar refractivity (Wildman–Crippen MR) is 89.4 cm³/mol. The average Bonchev–Trinajstić information content (AvgIpc) is 2.58. The molecule has 0 bridgehead atoms. The maximum atomic E-state index is 9.74. The molecule has 0 aliphatic carbocycles. The standard InChI is InChI=1S/C18H28O5/c1-22-18-10-8-15(9-11-18)14-23-12-3-2-5-16(20)6-4-7-17(21)13-19/h4,6,8-11,16-17,19-21H,2-3,5,7,12-14H2,1H3/b6-4+/t16-,17+/m0/s1. The molecule has 0 fully saturated rings. The topological polar surface area (TPSA) is 79.2 Å². The number of unbranched alkanes of at least 4 members (excludes halogenated alkanes) is 1. The maximum absolute atomic E-state index is 9.74. The summed E-state index contributed by atoms with van der Waals surface area (Å²) in [6, 6.07) is 7.78. The van der Waals surface area contributed by atoms with Gasteiger partial charge in [-0.05, 0) is 43.4 Å². The summed E-state index contributed by atoms with van der Waals surface area (Å²) >= 11 is 0. The summed E-state index contributed by atoms with van der Waals surface area (Å²) in [5, 5.41) is 27.6. The third-order valence-corrected chi connectivity index (χ3v) is 3.44. The largest absolute Gasteiger partial charge is 0.497 e. The van der Waals surface area contributed by atoms with E-state index in [1.807, 2.05) is 24.3 Å². The van der Waals surface area contributed by atoms with Gasteiger partial charge in [-0.15, -0.1) is 0 Å². The van der Waals surface area contributed by atoms with Crippen LogP contribution in [0.5, 0.6) is 5.75 Å². The van der Waals surface area contributed by atoms with E-state index in [4.69, 9.17) is 19.7 Å². The number of methoxy groups -OCH3 is 1. The van der Waals surface area contributed by atoms with Gasteiger partial charge in [0, 0.05) is 6.61 Å². The van der Waals surface area contributed by atoms with Crippen molar-refractivity contribution in [3.05, 3.63) is 42.0 Å². The van der Waals surface area contributed by atoms with Crippen LogP contribution in [0.2, 0.25) is 0 Å². The number of hydrogen-bond donors (Lipinski definition) is 3. The van der Waals surface area contributed by atoms with Crippen LogP contribution in [-0.2, 0) is 11.3 Å². The van der Waals surface area contributed by atoms with Gasteiger partial charge in [0.2, 0.25) is 0 Å². The molecule has 3 N–H and O–H groups in total. The fraction of sp³-hybridized carbons (Fsp3) is 0.556. The van der Waals surface area contributed by atoms with Gasteiger partial charge in [0.25, 0.3) is 0 Å². The molecule has 0 unspecified atom stereocenters. The molecule has 0 aliphatic heterocycles. The van der Waals surface area contributed by atoms with Crippen LogP contribution in [-0.4, -0.2) is 47.9 Å². The van der Waals surface area contributed by atoms with Crippen LogP contribution in [0.25, 0.3) is 0 Å². The normalized spacial score (nSPS) is 14.1. The second kappa shape index (κ2) is 12.1. The molecule has 1 aromatic rings. The van der Waals surface area contributed by atoms with E-state index < -0.39 is 12.2 Å². The molecule has 5 heteroatoms. The first-order chi connectivity index (χ1) is 11.2. The van der Waals surface area contributed by atoms with Crippen molar-refractivity contribution in [3.8, 4) is 5.75 Å². The fourth-order valence-electron chi connectivity index (χ4n) is 2.03. The highest BCUT2D eigenvalue weighted by atomic mass is 16.5. The number of hydrogen-bond acceptors (Lipinski definition) is 5. The Morgan fingerprint density at radius 2 is 1.87 bits per heavy atom. The zero-order valence-corrected chi connectivity index (χ0v) is 13.7. The zero-order valence-electron chi connectivity index (χ0n) is 13.7. The molecule has 5 nitrogen and oxygen atoms in total. The second-order valence-electron chi connectivity index (χ2n) is 5.46. The van der Waals surface area contributed by atoms with Gasteiger partial charge in [0.15, 0.2) is 0 Å². The summed E-state index contributed by atoms with van der Waals surface area (Å²) < 4.78 is 10.7. The molecule has 23 heavy (non-hydrogen) atoms. The lowest BCUT2D eigenvalue weighted by molar-refractivity contribution is 0.0971. The summed E-state index contributed by atoms with van der Waals surface area (Å²) in [5.41, 5.74) is 1.11. The number of aliphatic hydroxyl groups is 3. The number of benzene rings is 1. The summed E-state index contributed by atoms with van der Waals surface area (Å²) in [5.74, 6) is 0.835. The van der Waals surface area contributed by atoms with Gasteiger partial charge in [-0.1, -0.05) is 24.3 Å². The Labute approximate surface area is 138 Å². The minimum Gasteiger partial charge on any atom is -0.497 e. The van der Waals surface area contributed by atoms with E-state index in [0.717, 1.165) is 24.2 Å². The van der Waals surface area contributed by atoms with Gasteiger partial charge in [-0.25, -0.2) is 0 Å². The fourth-order valence-corrected chi connectivity index (χ4v) is 2.03. The van der Waals surface area contributed by atoms with Gasteiger partial charge in [0.05, 0.1) is 32.5 Å². The van der Waals surface area contributed by atoms with Crippen LogP contribution in [0.1, 0.15) is 31.2 Å². The van der Waals surface area contributed by atoms with Crippen LogP contribution in [0.15, 0.2) is 36.4 Å².